The minimum atomic E-state index is -0.386. The number of ether oxygens (including phenoxy) is 3. The topological polar surface area (TPSA) is 77.1 Å². The minimum absolute atomic E-state index is 0.114. The quantitative estimate of drug-likeness (QED) is 0.781. The lowest BCUT2D eigenvalue weighted by Gasteiger charge is -2.20. The van der Waals surface area contributed by atoms with Gasteiger partial charge in [0.05, 0.1) is 0 Å². The summed E-state index contributed by atoms with van der Waals surface area (Å²) in [6.07, 6.45) is 3.08. The molecule has 2 aliphatic heterocycles. The van der Waals surface area contributed by atoms with E-state index in [0.717, 1.165) is 5.56 Å². The van der Waals surface area contributed by atoms with Crippen molar-refractivity contribution in [1.82, 2.24) is 10.2 Å². The van der Waals surface area contributed by atoms with Crippen molar-refractivity contribution in [3.63, 3.8) is 0 Å². The molecule has 0 atom stereocenters. The largest absolute Gasteiger partial charge is 0.483 e. The molecule has 0 spiro atoms. The van der Waals surface area contributed by atoms with Gasteiger partial charge in [0.2, 0.25) is 12.7 Å². The summed E-state index contributed by atoms with van der Waals surface area (Å²) in [5.74, 6) is 0.936. The van der Waals surface area contributed by atoms with E-state index in [4.69, 9.17) is 14.2 Å². The molecular formula is C21H19FN2O5. The Morgan fingerprint density at radius 1 is 1.10 bits per heavy atom. The number of amides is 2. The molecule has 0 saturated heterocycles. The summed E-state index contributed by atoms with van der Waals surface area (Å²) in [6, 6.07) is 9.57. The average Bonchev–Trinajstić information content (AvgIpc) is 3.12. The van der Waals surface area contributed by atoms with Crippen molar-refractivity contribution in [3.8, 4) is 17.2 Å². The van der Waals surface area contributed by atoms with Crippen molar-refractivity contribution in [3.05, 3.63) is 59.4 Å². The van der Waals surface area contributed by atoms with E-state index in [1.807, 2.05) is 6.07 Å². The summed E-state index contributed by atoms with van der Waals surface area (Å²) < 4.78 is 29.4. The van der Waals surface area contributed by atoms with Crippen LogP contribution in [0.2, 0.25) is 0 Å². The Morgan fingerprint density at radius 2 is 1.93 bits per heavy atom. The lowest BCUT2D eigenvalue weighted by atomic mass is 10.2. The predicted molar refractivity (Wildman–Crippen MR) is 102 cm³/mol. The van der Waals surface area contributed by atoms with E-state index in [9.17, 15) is 14.0 Å². The lowest BCUT2D eigenvalue weighted by Crippen LogP contribution is -2.38. The molecule has 2 heterocycles. The zero-order chi connectivity index (χ0) is 20.2. The van der Waals surface area contributed by atoms with Crippen LogP contribution in [0, 0.1) is 5.82 Å². The Kier molecular flexibility index (Phi) is 5.33. The number of benzene rings is 2. The van der Waals surface area contributed by atoms with Gasteiger partial charge in [-0.25, -0.2) is 4.39 Å². The first-order valence-electron chi connectivity index (χ1n) is 9.13. The summed E-state index contributed by atoms with van der Waals surface area (Å²) >= 11 is 0. The van der Waals surface area contributed by atoms with Crippen LogP contribution in [-0.4, -0.2) is 43.2 Å². The third kappa shape index (κ3) is 4.48. The van der Waals surface area contributed by atoms with Gasteiger partial charge in [0.25, 0.3) is 5.91 Å². The highest BCUT2D eigenvalue weighted by atomic mass is 19.1. The molecule has 0 aromatic heterocycles. The molecule has 150 valence electrons. The zero-order valence-electron chi connectivity index (χ0n) is 15.5. The molecule has 7 nitrogen and oxygen atoms in total. The number of hydrogen-bond donors (Lipinski definition) is 1. The molecule has 0 bridgehead atoms. The van der Waals surface area contributed by atoms with Gasteiger partial charge in [-0.3, -0.25) is 9.59 Å². The Labute approximate surface area is 166 Å². The van der Waals surface area contributed by atoms with E-state index in [2.05, 4.69) is 5.32 Å². The zero-order valence-corrected chi connectivity index (χ0v) is 15.5. The molecule has 2 aromatic rings. The number of carbonyl (C=O) groups is 2. The van der Waals surface area contributed by atoms with Gasteiger partial charge in [0, 0.05) is 31.3 Å². The van der Waals surface area contributed by atoms with E-state index < -0.39 is 0 Å². The number of halogens is 1. The maximum Gasteiger partial charge on any atom is 0.260 e. The van der Waals surface area contributed by atoms with Gasteiger partial charge in [-0.15, -0.1) is 0 Å². The molecule has 0 aliphatic carbocycles. The van der Waals surface area contributed by atoms with E-state index >= 15 is 0 Å². The molecule has 4 rings (SSSR count). The third-order valence-electron chi connectivity index (χ3n) is 4.59. The number of hydrogen-bond acceptors (Lipinski definition) is 5. The standard InChI is InChI=1S/C21H19FN2O5/c22-16-3-5-17-15(10-16)11-24(21(26)12-27-17)8-7-23-20(25)6-2-14-1-4-18-19(9-14)29-13-28-18/h1-6,9-10H,7-8,11-13H2,(H,23,25)/b6-2+. The second-order valence-electron chi connectivity index (χ2n) is 6.59. The second kappa shape index (κ2) is 8.22. The van der Waals surface area contributed by atoms with Crippen LogP contribution in [0.15, 0.2) is 42.5 Å². The molecule has 29 heavy (non-hydrogen) atoms. The van der Waals surface area contributed by atoms with Gasteiger partial charge < -0.3 is 24.4 Å². The average molecular weight is 398 g/mol. The smallest absolute Gasteiger partial charge is 0.260 e. The highest BCUT2D eigenvalue weighted by molar-refractivity contribution is 5.91. The van der Waals surface area contributed by atoms with Crippen molar-refractivity contribution in [2.75, 3.05) is 26.5 Å². The maximum atomic E-state index is 13.5. The van der Waals surface area contributed by atoms with Gasteiger partial charge in [-0.2, -0.15) is 0 Å². The number of carbonyl (C=O) groups excluding carboxylic acids is 2. The molecule has 2 aromatic carbocycles. The fourth-order valence-corrected chi connectivity index (χ4v) is 3.10. The Morgan fingerprint density at radius 3 is 2.83 bits per heavy atom. The number of nitrogens with one attached hydrogen (secondary N) is 1. The first kappa shape index (κ1) is 18.8. The normalized spacial score (nSPS) is 15.1. The number of rotatable bonds is 5. The molecule has 8 heteroatoms. The van der Waals surface area contributed by atoms with Crippen molar-refractivity contribution in [2.24, 2.45) is 0 Å². The number of nitrogens with zero attached hydrogens (tertiary/aromatic N) is 1. The first-order valence-corrected chi connectivity index (χ1v) is 9.13. The minimum Gasteiger partial charge on any atom is -0.483 e. The van der Waals surface area contributed by atoms with E-state index in [0.29, 0.717) is 29.4 Å². The van der Waals surface area contributed by atoms with E-state index in [1.165, 1.54) is 29.2 Å². The van der Waals surface area contributed by atoms with E-state index in [1.54, 1.807) is 18.2 Å². The molecule has 0 radical (unpaired) electrons. The van der Waals surface area contributed by atoms with Gasteiger partial charge in [0.15, 0.2) is 18.1 Å². The van der Waals surface area contributed by atoms with E-state index in [-0.39, 0.29) is 44.1 Å². The van der Waals surface area contributed by atoms with Crippen LogP contribution in [-0.2, 0) is 16.1 Å². The molecule has 0 fully saturated rings. The fourth-order valence-electron chi connectivity index (χ4n) is 3.10. The summed E-state index contributed by atoms with van der Waals surface area (Å²) in [6.45, 7) is 0.869. The predicted octanol–water partition coefficient (Wildman–Crippen LogP) is 2.10. The first-order chi connectivity index (χ1) is 14.1. The molecule has 0 unspecified atom stereocenters. The Balaban J connectivity index is 1.30. The third-order valence-corrected chi connectivity index (χ3v) is 4.59. The van der Waals surface area contributed by atoms with Crippen LogP contribution in [0.4, 0.5) is 4.39 Å². The van der Waals surface area contributed by atoms with Gasteiger partial charge in [-0.05, 0) is 42.0 Å². The summed E-state index contributed by atoms with van der Waals surface area (Å²) in [4.78, 5) is 25.8. The molecule has 2 aliphatic rings. The fraction of sp³-hybridized carbons (Fsp3) is 0.238. The summed E-state index contributed by atoms with van der Waals surface area (Å²) in [5.41, 5.74) is 1.41. The molecule has 1 N–H and O–H groups in total. The molecular weight excluding hydrogens is 379 g/mol. The van der Waals surface area contributed by atoms with Crippen molar-refractivity contribution in [1.29, 1.82) is 0 Å². The molecule has 2 amide bonds. The SMILES string of the molecule is O=C(/C=C/c1ccc2c(c1)OCO2)NCCN1Cc2cc(F)ccc2OCC1=O. The Hall–Kier alpha value is -3.55. The lowest BCUT2D eigenvalue weighted by molar-refractivity contribution is -0.133. The summed E-state index contributed by atoms with van der Waals surface area (Å²) in [7, 11) is 0. The number of fused-ring (bicyclic) bond motifs is 2. The van der Waals surface area contributed by atoms with Crippen molar-refractivity contribution in [2.45, 2.75) is 6.54 Å². The van der Waals surface area contributed by atoms with Crippen molar-refractivity contribution >= 4 is 17.9 Å². The van der Waals surface area contributed by atoms with Crippen molar-refractivity contribution < 1.29 is 28.2 Å². The molecule has 0 saturated carbocycles. The van der Waals surface area contributed by atoms with Crippen LogP contribution in [0.1, 0.15) is 11.1 Å². The highest BCUT2D eigenvalue weighted by Crippen LogP contribution is 2.32. The van der Waals surface area contributed by atoms with Gasteiger partial charge in [0.1, 0.15) is 11.6 Å². The van der Waals surface area contributed by atoms with Gasteiger partial charge in [-0.1, -0.05) is 6.07 Å². The van der Waals surface area contributed by atoms with Crippen LogP contribution >= 0.6 is 0 Å². The highest BCUT2D eigenvalue weighted by Gasteiger charge is 2.21. The van der Waals surface area contributed by atoms with Gasteiger partial charge >= 0.3 is 0 Å². The second-order valence-corrected chi connectivity index (χ2v) is 6.59. The van der Waals surface area contributed by atoms with Crippen LogP contribution in [0.3, 0.4) is 0 Å². The maximum absolute atomic E-state index is 13.5. The van der Waals surface area contributed by atoms with Crippen LogP contribution in [0.5, 0.6) is 17.2 Å². The van der Waals surface area contributed by atoms with Crippen LogP contribution < -0.4 is 19.5 Å². The monoisotopic (exact) mass is 398 g/mol. The summed E-state index contributed by atoms with van der Waals surface area (Å²) in [5, 5.41) is 2.74. The van der Waals surface area contributed by atoms with Crippen LogP contribution in [0.25, 0.3) is 6.08 Å². The Bertz CT molecular complexity index is 976.